The van der Waals surface area contributed by atoms with Crippen molar-refractivity contribution in [2.75, 3.05) is 6.54 Å². The fourth-order valence-electron chi connectivity index (χ4n) is 4.43. The summed E-state index contributed by atoms with van der Waals surface area (Å²) in [6.45, 7) is 2.04. The van der Waals surface area contributed by atoms with Crippen molar-refractivity contribution in [3.63, 3.8) is 0 Å². The third-order valence-electron chi connectivity index (χ3n) is 5.94. The van der Waals surface area contributed by atoms with Gasteiger partial charge in [-0.2, -0.15) is 13.2 Å². The summed E-state index contributed by atoms with van der Waals surface area (Å²) in [4.78, 5) is 26.3. The Morgan fingerprint density at radius 1 is 1.23 bits per heavy atom. The number of rotatable bonds is 3. The maximum atomic E-state index is 13.4. The normalized spacial score (nSPS) is 25.5. The lowest BCUT2D eigenvalue weighted by atomic mass is 9.76. The molecule has 1 heterocycles. The number of likely N-dealkylation sites (tertiary alicyclic amines) is 1. The Morgan fingerprint density at radius 3 is 2.42 bits per heavy atom. The zero-order chi connectivity index (χ0) is 19.1. The molecule has 1 saturated carbocycles. The highest BCUT2D eigenvalue weighted by Crippen LogP contribution is 2.45. The van der Waals surface area contributed by atoms with Crippen molar-refractivity contribution < 1.29 is 27.9 Å². The molecule has 1 saturated heterocycles. The van der Waals surface area contributed by atoms with Gasteiger partial charge in [-0.1, -0.05) is 31.0 Å². The van der Waals surface area contributed by atoms with Crippen LogP contribution in [0.2, 0.25) is 0 Å². The lowest BCUT2D eigenvalue weighted by Gasteiger charge is -2.35. The van der Waals surface area contributed by atoms with Crippen molar-refractivity contribution in [2.45, 2.75) is 56.7 Å². The van der Waals surface area contributed by atoms with E-state index < -0.39 is 35.1 Å². The Bertz CT molecular complexity index is 710. The second kappa shape index (κ2) is 6.59. The van der Waals surface area contributed by atoms with E-state index in [0.29, 0.717) is 31.4 Å². The molecule has 2 aliphatic rings. The van der Waals surface area contributed by atoms with Gasteiger partial charge in [0.05, 0.1) is 16.9 Å². The molecule has 0 bridgehead atoms. The first-order chi connectivity index (χ1) is 12.2. The maximum absolute atomic E-state index is 13.4. The minimum atomic E-state index is -4.46. The van der Waals surface area contributed by atoms with Crippen LogP contribution >= 0.6 is 0 Å². The van der Waals surface area contributed by atoms with Gasteiger partial charge in [-0.05, 0) is 37.8 Å². The largest absolute Gasteiger partial charge is 0.481 e. The summed E-state index contributed by atoms with van der Waals surface area (Å²) in [7, 11) is 0. The van der Waals surface area contributed by atoms with Crippen molar-refractivity contribution in [3.05, 3.63) is 35.4 Å². The first-order valence-electron chi connectivity index (χ1n) is 8.88. The van der Waals surface area contributed by atoms with Crippen LogP contribution in [0.1, 0.15) is 50.2 Å². The van der Waals surface area contributed by atoms with Gasteiger partial charge in [0.1, 0.15) is 0 Å². The number of hydrogen-bond acceptors (Lipinski definition) is 2. The van der Waals surface area contributed by atoms with Gasteiger partial charge in [0.25, 0.3) is 0 Å². The standard InChI is InChI=1S/C19H22F3NO3/c1-12-15(16(24)25)7-10-23(12)17(26)18(8-2-3-9-18)13-5-4-6-14(11-13)19(20,21)22/h4-6,11-12,15H,2-3,7-10H2,1H3,(H,24,25). The molecule has 3 rings (SSSR count). The van der Waals surface area contributed by atoms with Crippen LogP contribution in [0, 0.1) is 5.92 Å². The Labute approximate surface area is 150 Å². The van der Waals surface area contributed by atoms with Gasteiger partial charge in [-0.25, -0.2) is 0 Å². The van der Waals surface area contributed by atoms with Gasteiger partial charge in [0.15, 0.2) is 0 Å². The average molecular weight is 369 g/mol. The van der Waals surface area contributed by atoms with E-state index in [1.54, 1.807) is 17.9 Å². The van der Waals surface area contributed by atoms with E-state index in [4.69, 9.17) is 0 Å². The molecule has 2 unspecified atom stereocenters. The molecule has 1 aromatic carbocycles. The van der Waals surface area contributed by atoms with E-state index in [0.717, 1.165) is 25.0 Å². The highest BCUT2D eigenvalue weighted by atomic mass is 19.4. The van der Waals surface area contributed by atoms with Crippen LogP contribution in [0.15, 0.2) is 24.3 Å². The Hall–Kier alpha value is -2.05. The first-order valence-corrected chi connectivity index (χ1v) is 8.88. The number of carboxylic acids is 1. The second-order valence-electron chi connectivity index (χ2n) is 7.34. The number of amides is 1. The smallest absolute Gasteiger partial charge is 0.416 e. The van der Waals surface area contributed by atoms with E-state index >= 15 is 0 Å². The lowest BCUT2D eigenvalue weighted by Crippen LogP contribution is -2.48. The minimum absolute atomic E-state index is 0.231. The molecule has 4 nitrogen and oxygen atoms in total. The number of aliphatic carboxylic acids is 1. The van der Waals surface area contributed by atoms with E-state index in [-0.39, 0.29) is 5.91 Å². The molecule has 1 aliphatic heterocycles. The summed E-state index contributed by atoms with van der Waals surface area (Å²) in [6.07, 6.45) is -1.56. The topological polar surface area (TPSA) is 57.6 Å². The number of nitrogens with zero attached hydrogens (tertiary/aromatic N) is 1. The Balaban J connectivity index is 1.97. The quantitative estimate of drug-likeness (QED) is 0.881. The molecule has 0 aromatic heterocycles. The van der Waals surface area contributed by atoms with Crippen LogP contribution in [0.3, 0.4) is 0 Å². The van der Waals surface area contributed by atoms with Crippen molar-refractivity contribution >= 4 is 11.9 Å². The molecule has 0 spiro atoms. The molecular formula is C19H22F3NO3. The van der Waals surface area contributed by atoms with Gasteiger partial charge in [0, 0.05) is 12.6 Å². The van der Waals surface area contributed by atoms with E-state index in [1.165, 1.54) is 6.07 Å². The summed E-state index contributed by atoms with van der Waals surface area (Å²) >= 11 is 0. The summed E-state index contributed by atoms with van der Waals surface area (Å²) in [5.74, 6) is -1.79. The summed E-state index contributed by atoms with van der Waals surface area (Å²) < 4.78 is 39.4. The van der Waals surface area contributed by atoms with Crippen LogP contribution < -0.4 is 0 Å². The zero-order valence-electron chi connectivity index (χ0n) is 14.6. The summed E-state index contributed by atoms with van der Waals surface area (Å²) in [6, 6.07) is 4.57. The first kappa shape index (κ1) is 18.7. The number of alkyl halides is 3. The molecule has 142 valence electrons. The van der Waals surface area contributed by atoms with Crippen molar-refractivity contribution in [1.82, 2.24) is 4.90 Å². The lowest BCUT2D eigenvalue weighted by molar-refractivity contribution is -0.144. The average Bonchev–Trinajstić information content (AvgIpc) is 3.21. The summed E-state index contributed by atoms with van der Waals surface area (Å²) in [5.41, 5.74) is -1.35. The van der Waals surface area contributed by atoms with Crippen LogP contribution in [-0.4, -0.2) is 34.5 Å². The molecule has 26 heavy (non-hydrogen) atoms. The number of carboxylic acid groups (broad SMARTS) is 1. The SMILES string of the molecule is CC1C(C(=O)O)CCN1C(=O)C1(c2cccc(C(F)(F)F)c2)CCCC1. The number of benzene rings is 1. The molecule has 2 atom stereocenters. The molecule has 1 aliphatic carbocycles. The predicted octanol–water partition coefficient (Wildman–Crippen LogP) is 3.84. The Kier molecular flexibility index (Phi) is 4.75. The molecule has 1 aromatic rings. The van der Waals surface area contributed by atoms with E-state index in [2.05, 4.69) is 0 Å². The van der Waals surface area contributed by atoms with Crippen molar-refractivity contribution in [1.29, 1.82) is 0 Å². The fraction of sp³-hybridized carbons (Fsp3) is 0.579. The van der Waals surface area contributed by atoms with Crippen molar-refractivity contribution in [3.8, 4) is 0 Å². The van der Waals surface area contributed by atoms with Gasteiger partial charge in [0.2, 0.25) is 5.91 Å². The molecule has 1 amide bonds. The minimum Gasteiger partial charge on any atom is -0.481 e. The van der Waals surface area contributed by atoms with Gasteiger partial charge >= 0.3 is 12.1 Å². The number of hydrogen-bond donors (Lipinski definition) is 1. The van der Waals surface area contributed by atoms with Gasteiger partial charge in [-0.3, -0.25) is 9.59 Å². The molecule has 7 heteroatoms. The third kappa shape index (κ3) is 3.08. The van der Waals surface area contributed by atoms with Crippen LogP contribution in [-0.2, 0) is 21.2 Å². The van der Waals surface area contributed by atoms with Crippen molar-refractivity contribution in [2.24, 2.45) is 5.92 Å². The zero-order valence-corrected chi connectivity index (χ0v) is 14.6. The fourth-order valence-corrected chi connectivity index (χ4v) is 4.43. The number of carbonyl (C=O) groups excluding carboxylic acids is 1. The highest BCUT2D eigenvalue weighted by Gasteiger charge is 2.49. The van der Waals surface area contributed by atoms with Crippen LogP contribution in [0.5, 0.6) is 0 Å². The van der Waals surface area contributed by atoms with E-state index in [9.17, 15) is 27.9 Å². The maximum Gasteiger partial charge on any atom is 0.416 e. The number of halogens is 3. The highest BCUT2D eigenvalue weighted by molar-refractivity contribution is 5.90. The predicted molar refractivity (Wildman–Crippen MR) is 88.5 cm³/mol. The third-order valence-corrected chi connectivity index (χ3v) is 5.94. The molecule has 0 radical (unpaired) electrons. The molecular weight excluding hydrogens is 347 g/mol. The van der Waals surface area contributed by atoms with Crippen LogP contribution in [0.25, 0.3) is 0 Å². The Morgan fingerprint density at radius 2 is 1.88 bits per heavy atom. The molecule has 2 fully saturated rings. The summed E-state index contributed by atoms with van der Waals surface area (Å²) in [5, 5.41) is 9.29. The van der Waals surface area contributed by atoms with Gasteiger partial charge < -0.3 is 10.0 Å². The van der Waals surface area contributed by atoms with Crippen LogP contribution in [0.4, 0.5) is 13.2 Å². The number of carbonyl (C=O) groups is 2. The molecule has 1 N–H and O–H groups in total. The monoisotopic (exact) mass is 369 g/mol. The van der Waals surface area contributed by atoms with Gasteiger partial charge in [-0.15, -0.1) is 0 Å². The second-order valence-corrected chi connectivity index (χ2v) is 7.34. The van der Waals surface area contributed by atoms with E-state index in [1.807, 2.05) is 0 Å².